The van der Waals surface area contributed by atoms with E-state index in [1.165, 1.54) is 19.3 Å². The fourth-order valence-corrected chi connectivity index (χ4v) is 2.03. The van der Waals surface area contributed by atoms with Crippen LogP contribution in [-0.2, 0) is 6.54 Å². The molecule has 0 bridgehead atoms. The molecule has 5 nitrogen and oxygen atoms in total. The monoisotopic (exact) mass is 236 g/mol. The van der Waals surface area contributed by atoms with Gasteiger partial charge in [0.1, 0.15) is 5.82 Å². The molecule has 0 radical (unpaired) electrons. The molecule has 1 aromatic rings. The Labute approximate surface area is 102 Å². The molecule has 2 rings (SSSR count). The Morgan fingerprint density at radius 1 is 1.35 bits per heavy atom. The quantitative estimate of drug-likeness (QED) is 0.759. The van der Waals surface area contributed by atoms with Crippen LogP contribution in [0.2, 0.25) is 0 Å². The lowest BCUT2D eigenvalue weighted by Crippen LogP contribution is -2.41. The highest BCUT2D eigenvalue weighted by Crippen LogP contribution is 2.28. The van der Waals surface area contributed by atoms with Crippen molar-refractivity contribution in [3.63, 3.8) is 0 Å². The topological polar surface area (TPSA) is 75.3 Å². The second kappa shape index (κ2) is 5.93. The van der Waals surface area contributed by atoms with Crippen LogP contribution in [0.4, 0.5) is 5.82 Å². The third-order valence-electron chi connectivity index (χ3n) is 3.27. The highest BCUT2D eigenvalue weighted by atomic mass is 16.3. The zero-order valence-electron chi connectivity index (χ0n) is 10.0. The largest absolute Gasteiger partial charge is 0.396 e. The molecule has 94 valence electrons. The Morgan fingerprint density at radius 2 is 2.18 bits per heavy atom. The van der Waals surface area contributed by atoms with Crippen LogP contribution >= 0.6 is 0 Å². The van der Waals surface area contributed by atoms with Crippen LogP contribution in [0.25, 0.3) is 0 Å². The standard InChI is InChI=1S/C12H20N4O/c13-7-10-8-15-12(9-14-10)16(5-2-6-17)11-3-1-4-11/h8-9,11,17H,1-7,13H2. The van der Waals surface area contributed by atoms with Crippen molar-refractivity contribution in [2.24, 2.45) is 5.73 Å². The Kier molecular flexibility index (Phi) is 4.28. The molecular formula is C12H20N4O. The van der Waals surface area contributed by atoms with Crippen LogP contribution in [0.15, 0.2) is 12.4 Å². The molecule has 1 saturated carbocycles. The Bertz CT molecular complexity index is 337. The number of nitrogens with zero attached hydrogens (tertiary/aromatic N) is 3. The number of aliphatic hydroxyl groups excluding tert-OH is 1. The molecule has 0 amide bonds. The number of aliphatic hydroxyl groups is 1. The number of rotatable bonds is 6. The first-order chi connectivity index (χ1) is 8.35. The molecule has 0 unspecified atom stereocenters. The van der Waals surface area contributed by atoms with Crippen molar-refractivity contribution in [2.45, 2.75) is 38.3 Å². The van der Waals surface area contributed by atoms with Gasteiger partial charge in [0.15, 0.2) is 0 Å². The summed E-state index contributed by atoms with van der Waals surface area (Å²) < 4.78 is 0. The lowest BCUT2D eigenvalue weighted by atomic mass is 9.91. The van der Waals surface area contributed by atoms with Gasteiger partial charge in [-0.2, -0.15) is 0 Å². The molecule has 0 atom stereocenters. The van der Waals surface area contributed by atoms with Gasteiger partial charge in [-0.15, -0.1) is 0 Å². The maximum absolute atomic E-state index is 8.94. The lowest BCUT2D eigenvalue weighted by molar-refractivity contribution is 0.282. The summed E-state index contributed by atoms with van der Waals surface area (Å²) in [4.78, 5) is 10.9. The van der Waals surface area contributed by atoms with E-state index in [0.717, 1.165) is 24.5 Å². The van der Waals surface area contributed by atoms with Gasteiger partial charge in [0.2, 0.25) is 0 Å². The molecule has 1 aliphatic rings. The fraction of sp³-hybridized carbons (Fsp3) is 0.667. The van der Waals surface area contributed by atoms with Gasteiger partial charge in [0, 0.05) is 25.7 Å². The van der Waals surface area contributed by atoms with Gasteiger partial charge in [-0.3, -0.25) is 4.98 Å². The molecule has 1 aliphatic carbocycles. The lowest BCUT2D eigenvalue weighted by Gasteiger charge is -2.38. The van der Waals surface area contributed by atoms with Crippen molar-refractivity contribution in [1.82, 2.24) is 9.97 Å². The summed E-state index contributed by atoms with van der Waals surface area (Å²) in [5.41, 5.74) is 6.31. The Hall–Kier alpha value is -1.20. The average Bonchev–Trinajstić information content (AvgIpc) is 2.32. The van der Waals surface area contributed by atoms with Crippen LogP contribution < -0.4 is 10.6 Å². The van der Waals surface area contributed by atoms with Crippen LogP contribution in [0.1, 0.15) is 31.4 Å². The zero-order valence-corrected chi connectivity index (χ0v) is 10.0. The van der Waals surface area contributed by atoms with E-state index in [9.17, 15) is 0 Å². The molecule has 1 heterocycles. The van der Waals surface area contributed by atoms with Crippen LogP contribution in [0.3, 0.4) is 0 Å². The number of nitrogens with two attached hydrogens (primary N) is 1. The van der Waals surface area contributed by atoms with Crippen LogP contribution in [-0.4, -0.2) is 34.3 Å². The molecule has 17 heavy (non-hydrogen) atoms. The van der Waals surface area contributed by atoms with Gasteiger partial charge in [-0.05, 0) is 25.7 Å². The first-order valence-corrected chi connectivity index (χ1v) is 6.23. The van der Waals surface area contributed by atoms with Crippen molar-refractivity contribution < 1.29 is 5.11 Å². The number of hydrogen-bond donors (Lipinski definition) is 2. The van der Waals surface area contributed by atoms with E-state index in [-0.39, 0.29) is 6.61 Å². The second-order valence-corrected chi connectivity index (χ2v) is 4.43. The summed E-state index contributed by atoms with van der Waals surface area (Å²) in [6.45, 7) is 1.49. The SMILES string of the molecule is NCc1cnc(N(CCCO)C2CCC2)cn1. The second-order valence-electron chi connectivity index (χ2n) is 4.43. The normalized spacial score (nSPS) is 15.6. The van der Waals surface area contributed by atoms with Crippen molar-refractivity contribution in [3.8, 4) is 0 Å². The zero-order chi connectivity index (χ0) is 12.1. The predicted octanol–water partition coefficient (Wildman–Crippen LogP) is 0.677. The van der Waals surface area contributed by atoms with E-state index in [4.69, 9.17) is 10.8 Å². The maximum atomic E-state index is 8.94. The third kappa shape index (κ3) is 2.92. The minimum atomic E-state index is 0.220. The summed E-state index contributed by atoms with van der Waals surface area (Å²) in [6, 6.07) is 0.569. The third-order valence-corrected chi connectivity index (χ3v) is 3.27. The molecule has 5 heteroatoms. The van der Waals surface area contributed by atoms with E-state index in [2.05, 4.69) is 14.9 Å². The predicted molar refractivity (Wildman–Crippen MR) is 66.6 cm³/mol. The van der Waals surface area contributed by atoms with Crippen LogP contribution in [0, 0.1) is 0 Å². The number of hydrogen-bond acceptors (Lipinski definition) is 5. The minimum Gasteiger partial charge on any atom is -0.396 e. The van der Waals surface area contributed by atoms with Crippen molar-refractivity contribution in [1.29, 1.82) is 0 Å². The van der Waals surface area contributed by atoms with Crippen molar-refractivity contribution in [3.05, 3.63) is 18.1 Å². The highest BCUT2D eigenvalue weighted by Gasteiger charge is 2.25. The first-order valence-electron chi connectivity index (χ1n) is 6.23. The van der Waals surface area contributed by atoms with Gasteiger partial charge in [0.25, 0.3) is 0 Å². The van der Waals surface area contributed by atoms with Crippen LogP contribution in [0.5, 0.6) is 0 Å². The Balaban J connectivity index is 2.06. The summed E-state index contributed by atoms with van der Waals surface area (Å²) in [7, 11) is 0. The van der Waals surface area contributed by atoms with Gasteiger partial charge in [-0.1, -0.05) is 0 Å². The number of anilines is 1. The molecule has 1 fully saturated rings. The van der Waals surface area contributed by atoms with Crippen molar-refractivity contribution in [2.75, 3.05) is 18.1 Å². The molecule has 1 aromatic heterocycles. The summed E-state index contributed by atoms with van der Waals surface area (Å²) >= 11 is 0. The number of aromatic nitrogens is 2. The molecule has 0 saturated heterocycles. The Morgan fingerprint density at radius 3 is 2.65 bits per heavy atom. The molecule has 0 spiro atoms. The van der Waals surface area contributed by atoms with E-state index in [0.29, 0.717) is 12.6 Å². The fourth-order valence-electron chi connectivity index (χ4n) is 2.03. The summed E-state index contributed by atoms with van der Waals surface area (Å²) in [5.74, 6) is 0.903. The van der Waals surface area contributed by atoms with E-state index in [1.807, 2.05) is 0 Å². The highest BCUT2D eigenvalue weighted by molar-refractivity contribution is 5.38. The maximum Gasteiger partial charge on any atom is 0.147 e. The summed E-state index contributed by atoms with van der Waals surface area (Å²) in [5, 5.41) is 8.94. The smallest absolute Gasteiger partial charge is 0.147 e. The van der Waals surface area contributed by atoms with Gasteiger partial charge in [0.05, 0.1) is 18.1 Å². The van der Waals surface area contributed by atoms with Crippen molar-refractivity contribution >= 4 is 5.82 Å². The van der Waals surface area contributed by atoms with Gasteiger partial charge < -0.3 is 15.7 Å². The molecule has 0 aromatic carbocycles. The van der Waals surface area contributed by atoms with Gasteiger partial charge >= 0.3 is 0 Å². The molecule has 3 N–H and O–H groups in total. The first kappa shape index (κ1) is 12.3. The average molecular weight is 236 g/mol. The summed E-state index contributed by atoms with van der Waals surface area (Å²) in [6.07, 6.45) is 8.01. The molecule has 0 aliphatic heterocycles. The van der Waals surface area contributed by atoms with E-state index >= 15 is 0 Å². The molecular weight excluding hydrogens is 216 g/mol. The van der Waals surface area contributed by atoms with E-state index < -0.39 is 0 Å². The minimum absolute atomic E-state index is 0.220. The van der Waals surface area contributed by atoms with Gasteiger partial charge in [-0.25, -0.2) is 4.98 Å². The van der Waals surface area contributed by atoms with E-state index in [1.54, 1.807) is 12.4 Å².